The number of nitrogens with zero attached hydrogens (tertiary/aromatic N) is 2. The Morgan fingerprint density at radius 1 is 0.667 bits per heavy atom. The van der Waals surface area contributed by atoms with Gasteiger partial charge in [-0.1, -0.05) is 0 Å². The molecule has 2 atom stereocenters. The Bertz CT molecular complexity index is 691. The zero-order valence-corrected chi connectivity index (χ0v) is 22.5. The maximum atomic E-state index is 12.7. The van der Waals surface area contributed by atoms with Gasteiger partial charge in [-0.3, -0.25) is 0 Å². The topological polar surface area (TPSA) is 178 Å². The van der Waals surface area contributed by atoms with Crippen molar-refractivity contribution in [1.82, 2.24) is 0 Å². The molecular weight excluding hydrogens is 480 g/mol. The second kappa shape index (κ2) is 10.9. The number of rotatable bonds is 11. The van der Waals surface area contributed by atoms with Crippen molar-refractivity contribution in [3.8, 4) is 0 Å². The van der Waals surface area contributed by atoms with Crippen molar-refractivity contribution in [3.05, 3.63) is 30.6 Å². The third-order valence-corrected chi connectivity index (χ3v) is 7.26. The Labute approximate surface area is 211 Å². The molecule has 210 valence electrons. The summed E-state index contributed by atoms with van der Waals surface area (Å²) in [4.78, 5) is 31.9. The predicted molar refractivity (Wildman–Crippen MR) is 127 cm³/mol. The lowest BCUT2D eigenvalue weighted by atomic mass is 9.80. The summed E-state index contributed by atoms with van der Waals surface area (Å²) in [6.45, 7) is 13.8. The minimum Gasteiger partial charge on any atom is -0.634 e. The number of nitrogens with one attached hydrogen (secondary N) is 2. The molecule has 0 aliphatic carbocycles. The van der Waals surface area contributed by atoms with Crippen molar-refractivity contribution in [2.24, 2.45) is 0 Å². The Kier molecular flexibility index (Phi) is 9.18. The quantitative estimate of drug-likeness (QED) is 0.219. The summed E-state index contributed by atoms with van der Waals surface area (Å²) < 4.78 is 11.8. The van der Waals surface area contributed by atoms with E-state index in [-0.39, 0.29) is 23.3 Å². The first kappa shape index (κ1) is 30.4. The van der Waals surface area contributed by atoms with Gasteiger partial charge in [-0.2, -0.15) is 0 Å². The summed E-state index contributed by atoms with van der Waals surface area (Å²) in [5.41, 5.74) is -2.60. The molecule has 0 radical (unpaired) electrons. The van der Waals surface area contributed by atoms with Gasteiger partial charge in [0.25, 0.3) is 10.2 Å². The SMILES string of the molecule is CC1(C)CC(OCC(O[N+](=O)[O-])C(COC2CC(C)(C)[NH+]([O-])C(C)(C)C2)O[N+](=O)[O-])CC(C)(C)[NH+]1[O-]. The molecule has 0 aromatic carbocycles. The number of ether oxygens (including phenoxy) is 2. The summed E-state index contributed by atoms with van der Waals surface area (Å²) in [5, 5.41) is 45.8. The van der Waals surface area contributed by atoms with Crippen molar-refractivity contribution in [2.75, 3.05) is 13.2 Å². The van der Waals surface area contributed by atoms with Gasteiger partial charge in [-0.25, -0.2) is 0 Å². The summed E-state index contributed by atoms with van der Waals surface area (Å²) in [6.07, 6.45) is -2.10. The van der Waals surface area contributed by atoms with Gasteiger partial charge in [-0.05, 0) is 55.4 Å². The van der Waals surface area contributed by atoms with E-state index in [9.17, 15) is 30.6 Å². The molecule has 0 bridgehead atoms. The number of hydrogen-bond acceptors (Lipinski definition) is 10. The van der Waals surface area contributed by atoms with Crippen LogP contribution in [0.1, 0.15) is 81.1 Å². The van der Waals surface area contributed by atoms with Crippen molar-refractivity contribution in [3.63, 3.8) is 0 Å². The highest BCUT2D eigenvalue weighted by Crippen LogP contribution is 2.28. The molecule has 2 unspecified atom stereocenters. The molecule has 0 aromatic heterocycles. The highest BCUT2D eigenvalue weighted by molar-refractivity contribution is 4.89. The monoisotopic (exact) mass is 522 g/mol. The molecule has 2 fully saturated rings. The second-order valence-electron chi connectivity index (χ2n) is 12.7. The maximum Gasteiger partial charge on any atom is 0.294 e. The molecule has 0 amide bonds. The average Bonchev–Trinajstić information content (AvgIpc) is 2.69. The fourth-order valence-corrected chi connectivity index (χ4v) is 5.95. The Morgan fingerprint density at radius 2 is 0.917 bits per heavy atom. The van der Waals surface area contributed by atoms with Crippen LogP contribution in [0, 0.1) is 30.6 Å². The summed E-state index contributed by atoms with van der Waals surface area (Å²) in [7, 11) is 0. The average molecular weight is 523 g/mol. The van der Waals surface area contributed by atoms with E-state index in [1.54, 1.807) is 0 Å². The summed E-state index contributed by atoms with van der Waals surface area (Å²) in [6, 6.07) is 0. The van der Waals surface area contributed by atoms with Crippen LogP contribution >= 0.6 is 0 Å². The third-order valence-electron chi connectivity index (χ3n) is 7.26. The van der Waals surface area contributed by atoms with E-state index in [2.05, 4.69) is 0 Å². The van der Waals surface area contributed by atoms with Crippen molar-refractivity contribution in [1.29, 1.82) is 0 Å². The molecule has 2 heterocycles. The third kappa shape index (κ3) is 7.59. The molecule has 0 aromatic rings. The van der Waals surface area contributed by atoms with E-state index in [0.29, 0.717) is 25.7 Å². The van der Waals surface area contributed by atoms with Gasteiger partial charge in [0.05, 0.1) is 47.6 Å². The number of piperidine rings is 2. The lowest BCUT2D eigenvalue weighted by Gasteiger charge is -2.54. The van der Waals surface area contributed by atoms with E-state index < -0.39 is 56.7 Å². The first-order valence-electron chi connectivity index (χ1n) is 12.2. The zero-order chi connectivity index (χ0) is 27.7. The van der Waals surface area contributed by atoms with Crippen LogP contribution < -0.4 is 10.1 Å². The van der Waals surface area contributed by atoms with Crippen LogP contribution in [-0.4, -0.2) is 70.0 Å². The number of hydroxylamine groups is 4. The normalized spacial score (nSPS) is 32.2. The van der Waals surface area contributed by atoms with Crippen LogP contribution in [0.5, 0.6) is 0 Å². The largest absolute Gasteiger partial charge is 0.634 e. The van der Waals surface area contributed by atoms with E-state index in [0.717, 1.165) is 0 Å². The molecular formula is C22H42N4O10. The molecule has 2 N–H and O–H groups in total. The standard InChI is InChI=1S/C22H42N4O10/c1-19(2)9-15(10-20(3,4)23(19)27)33-13-17(35-25(29)30)18(36-26(31)32)14-34-16-11-21(5,6)24(28)22(7,8)12-16/h15-18,23-24H,9-14H2,1-8H3. The van der Waals surface area contributed by atoms with Crippen LogP contribution in [0.4, 0.5) is 0 Å². The maximum absolute atomic E-state index is 12.7. The highest BCUT2D eigenvalue weighted by Gasteiger charge is 2.47. The minimum atomic E-state index is -1.44. The fraction of sp³-hybridized carbons (Fsp3) is 1.00. The van der Waals surface area contributed by atoms with Crippen LogP contribution in [0.25, 0.3) is 0 Å². The molecule has 2 aliphatic heterocycles. The molecule has 2 saturated heterocycles. The van der Waals surface area contributed by atoms with E-state index >= 15 is 0 Å². The van der Waals surface area contributed by atoms with E-state index in [1.165, 1.54) is 0 Å². The fourth-order valence-electron chi connectivity index (χ4n) is 5.95. The van der Waals surface area contributed by atoms with Crippen LogP contribution in [0.15, 0.2) is 0 Å². The van der Waals surface area contributed by atoms with Gasteiger partial charge in [0.15, 0.2) is 12.2 Å². The van der Waals surface area contributed by atoms with Crippen LogP contribution in [0.3, 0.4) is 0 Å². The molecule has 14 nitrogen and oxygen atoms in total. The first-order valence-corrected chi connectivity index (χ1v) is 12.2. The van der Waals surface area contributed by atoms with Crippen molar-refractivity contribution in [2.45, 2.75) is 128 Å². The Hall–Kier alpha value is -1.84. The minimum absolute atomic E-state index is 0.104. The zero-order valence-electron chi connectivity index (χ0n) is 22.5. The summed E-state index contributed by atoms with van der Waals surface area (Å²) in [5.74, 6) is 0. The number of quaternary nitrogens is 2. The van der Waals surface area contributed by atoms with Crippen LogP contribution in [0.2, 0.25) is 0 Å². The van der Waals surface area contributed by atoms with Gasteiger partial charge in [0, 0.05) is 25.7 Å². The lowest BCUT2D eigenvalue weighted by Crippen LogP contribution is -3.23. The smallest absolute Gasteiger partial charge is 0.294 e. The van der Waals surface area contributed by atoms with E-state index in [1.807, 2.05) is 55.4 Å². The second-order valence-corrected chi connectivity index (χ2v) is 12.7. The van der Waals surface area contributed by atoms with Crippen LogP contribution in [-0.2, 0) is 19.1 Å². The van der Waals surface area contributed by atoms with Gasteiger partial charge >= 0.3 is 0 Å². The highest BCUT2D eigenvalue weighted by atomic mass is 17.0. The molecule has 0 saturated carbocycles. The molecule has 2 aliphatic rings. The molecule has 2 rings (SSSR count). The van der Waals surface area contributed by atoms with E-state index in [4.69, 9.17) is 19.1 Å². The van der Waals surface area contributed by atoms with Gasteiger partial charge < -0.3 is 39.7 Å². The summed E-state index contributed by atoms with van der Waals surface area (Å²) >= 11 is 0. The van der Waals surface area contributed by atoms with Crippen molar-refractivity contribution >= 4 is 0 Å². The van der Waals surface area contributed by atoms with Gasteiger partial charge in [0.1, 0.15) is 0 Å². The van der Waals surface area contributed by atoms with Gasteiger partial charge in [-0.15, -0.1) is 20.2 Å². The van der Waals surface area contributed by atoms with Gasteiger partial charge in [0.2, 0.25) is 0 Å². The first-order chi connectivity index (χ1) is 16.3. The molecule has 0 spiro atoms. The Morgan fingerprint density at radius 3 is 1.14 bits per heavy atom. The molecule has 36 heavy (non-hydrogen) atoms. The predicted octanol–water partition coefficient (Wildman–Crippen LogP) is 0.378. The number of hydrogen-bond donors (Lipinski definition) is 2. The Balaban J connectivity index is 2.13. The lowest BCUT2D eigenvalue weighted by molar-refractivity contribution is -0.956. The van der Waals surface area contributed by atoms with Crippen molar-refractivity contribution < 1.29 is 39.4 Å². The molecule has 14 heteroatoms.